The van der Waals surface area contributed by atoms with Crippen molar-refractivity contribution in [3.8, 4) is 0 Å². The van der Waals surface area contributed by atoms with Gasteiger partial charge in [0.2, 0.25) is 10.0 Å². The number of nitrogens with one attached hydrogen (secondary N) is 1. The predicted octanol–water partition coefficient (Wildman–Crippen LogP) is 1.81. The van der Waals surface area contributed by atoms with Crippen LogP contribution in [0.4, 0.5) is 13.2 Å². The van der Waals surface area contributed by atoms with Crippen LogP contribution >= 0.6 is 0 Å². The molecular formula is C14H17F3N4O3S. The summed E-state index contributed by atoms with van der Waals surface area (Å²) in [6.45, 7) is 0.723. The molecule has 7 nitrogen and oxygen atoms in total. The minimum absolute atomic E-state index is 0.276. The zero-order chi connectivity index (χ0) is 18.5. The molecule has 1 heterocycles. The molecular weight excluding hydrogens is 361 g/mol. The highest BCUT2D eigenvalue weighted by Gasteiger charge is 2.36. The van der Waals surface area contributed by atoms with Crippen LogP contribution in [0.1, 0.15) is 17.8 Å². The lowest BCUT2D eigenvalue weighted by Crippen LogP contribution is -2.27. The molecule has 0 atom stereocenters. The van der Waals surface area contributed by atoms with Crippen molar-refractivity contribution in [1.29, 1.82) is 0 Å². The Balaban J connectivity index is 2.15. The quantitative estimate of drug-likeness (QED) is 0.708. The Hall–Kier alpha value is -1.98. The van der Waals surface area contributed by atoms with Gasteiger partial charge < -0.3 is 9.30 Å². The summed E-state index contributed by atoms with van der Waals surface area (Å²) < 4.78 is 72.2. The third kappa shape index (κ3) is 5.00. The van der Waals surface area contributed by atoms with Crippen molar-refractivity contribution in [2.24, 2.45) is 0 Å². The van der Waals surface area contributed by atoms with E-state index in [0.717, 1.165) is 18.2 Å². The normalized spacial score (nSPS) is 12.5. The molecule has 0 saturated heterocycles. The fourth-order valence-corrected chi connectivity index (χ4v) is 3.36. The third-order valence-electron chi connectivity index (χ3n) is 3.35. The van der Waals surface area contributed by atoms with Gasteiger partial charge in [-0.2, -0.15) is 13.2 Å². The number of halogens is 3. The van der Waals surface area contributed by atoms with Crippen molar-refractivity contribution >= 4 is 10.0 Å². The zero-order valence-electron chi connectivity index (χ0n) is 13.3. The van der Waals surface area contributed by atoms with E-state index >= 15 is 0 Å². The topological polar surface area (TPSA) is 86.1 Å². The van der Waals surface area contributed by atoms with Gasteiger partial charge in [0.1, 0.15) is 12.2 Å². The largest absolute Gasteiger partial charge is 0.417 e. The molecule has 0 aliphatic rings. The molecule has 11 heteroatoms. The highest BCUT2D eigenvalue weighted by molar-refractivity contribution is 7.89. The van der Waals surface area contributed by atoms with Crippen LogP contribution in [0.15, 0.2) is 35.5 Å². The molecule has 25 heavy (non-hydrogen) atoms. The lowest BCUT2D eigenvalue weighted by atomic mass is 10.2. The van der Waals surface area contributed by atoms with Gasteiger partial charge in [0, 0.05) is 20.3 Å². The molecule has 2 rings (SSSR count). The predicted molar refractivity (Wildman–Crippen MR) is 82.0 cm³/mol. The van der Waals surface area contributed by atoms with Crippen LogP contribution in [0, 0.1) is 0 Å². The number of alkyl halides is 3. The lowest BCUT2D eigenvalue weighted by Gasteiger charge is -2.13. The number of aryl methyl sites for hydroxylation is 1. The summed E-state index contributed by atoms with van der Waals surface area (Å²) in [6.07, 6.45) is -2.69. The summed E-state index contributed by atoms with van der Waals surface area (Å²) in [5, 5.41) is 7.47. The van der Waals surface area contributed by atoms with E-state index in [-0.39, 0.29) is 6.54 Å². The van der Waals surface area contributed by atoms with Crippen molar-refractivity contribution in [2.45, 2.75) is 30.6 Å². The fraction of sp³-hybridized carbons (Fsp3) is 0.429. The molecule has 0 bridgehead atoms. The van der Waals surface area contributed by atoms with Crippen molar-refractivity contribution in [3.05, 3.63) is 42.0 Å². The number of sulfonamides is 1. The summed E-state index contributed by atoms with van der Waals surface area (Å²) in [5.41, 5.74) is -1.22. The number of nitrogens with zero attached hydrogens (tertiary/aromatic N) is 3. The average molecular weight is 378 g/mol. The van der Waals surface area contributed by atoms with Crippen LogP contribution in [-0.2, 0) is 34.0 Å². The molecule has 0 amide bonds. The summed E-state index contributed by atoms with van der Waals surface area (Å²) in [5.74, 6) is 0.296. The first-order valence-electron chi connectivity index (χ1n) is 7.27. The highest BCUT2D eigenvalue weighted by Crippen LogP contribution is 2.33. The van der Waals surface area contributed by atoms with Gasteiger partial charge in [0.25, 0.3) is 0 Å². The monoisotopic (exact) mass is 378 g/mol. The average Bonchev–Trinajstić information content (AvgIpc) is 3.00. The highest BCUT2D eigenvalue weighted by atomic mass is 32.2. The summed E-state index contributed by atoms with van der Waals surface area (Å²) in [4.78, 5) is -0.826. The number of rotatable bonds is 8. The maximum absolute atomic E-state index is 13.0. The van der Waals surface area contributed by atoms with Crippen molar-refractivity contribution in [2.75, 3.05) is 13.7 Å². The molecule has 1 aromatic heterocycles. The minimum atomic E-state index is -4.77. The summed E-state index contributed by atoms with van der Waals surface area (Å²) in [7, 11) is -2.81. The molecule has 0 saturated carbocycles. The number of benzene rings is 1. The van der Waals surface area contributed by atoms with E-state index < -0.39 is 26.7 Å². The maximum atomic E-state index is 13.0. The second-order valence-corrected chi connectivity index (χ2v) is 6.84. The molecule has 0 radical (unpaired) electrons. The smallest absolute Gasteiger partial charge is 0.385 e. The maximum Gasteiger partial charge on any atom is 0.417 e. The first kappa shape index (κ1) is 19.3. The Morgan fingerprint density at radius 2 is 2.00 bits per heavy atom. The second-order valence-electron chi connectivity index (χ2n) is 5.11. The minimum Gasteiger partial charge on any atom is -0.385 e. The zero-order valence-corrected chi connectivity index (χ0v) is 14.1. The Morgan fingerprint density at radius 3 is 2.68 bits per heavy atom. The lowest BCUT2D eigenvalue weighted by molar-refractivity contribution is -0.139. The van der Waals surface area contributed by atoms with E-state index in [1.54, 1.807) is 11.7 Å². The van der Waals surface area contributed by atoms with E-state index in [0.29, 0.717) is 25.4 Å². The van der Waals surface area contributed by atoms with Gasteiger partial charge in [-0.15, -0.1) is 10.2 Å². The summed E-state index contributed by atoms with van der Waals surface area (Å²) >= 11 is 0. The molecule has 0 unspecified atom stereocenters. The fourth-order valence-electron chi connectivity index (χ4n) is 2.15. The van der Waals surface area contributed by atoms with Crippen molar-refractivity contribution in [1.82, 2.24) is 19.5 Å². The van der Waals surface area contributed by atoms with Crippen LogP contribution in [0.25, 0.3) is 0 Å². The van der Waals surface area contributed by atoms with Gasteiger partial charge in [-0.05, 0) is 18.6 Å². The Morgan fingerprint density at radius 1 is 1.28 bits per heavy atom. The molecule has 0 fully saturated rings. The molecule has 0 aliphatic carbocycles. The van der Waals surface area contributed by atoms with Gasteiger partial charge in [0.05, 0.1) is 17.0 Å². The Labute approximate surface area is 142 Å². The van der Waals surface area contributed by atoms with Crippen LogP contribution in [0.3, 0.4) is 0 Å². The van der Waals surface area contributed by atoms with Crippen molar-refractivity contribution in [3.63, 3.8) is 0 Å². The summed E-state index contributed by atoms with van der Waals surface area (Å²) in [6, 6.07) is 4.00. The second kappa shape index (κ2) is 7.93. The van der Waals surface area contributed by atoms with Crippen LogP contribution in [-0.4, -0.2) is 36.9 Å². The van der Waals surface area contributed by atoms with Gasteiger partial charge in [-0.3, -0.25) is 0 Å². The first-order chi connectivity index (χ1) is 11.8. The van der Waals surface area contributed by atoms with Gasteiger partial charge in [-0.25, -0.2) is 13.1 Å². The van der Waals surface area contributed by atoms with E-state index in [2.05, 4.69) is 14.9 Å². The molecule has 138 valence electrons. The Kier molecular flexibility index (Phi) is 6.14. The molecule has 0 aliphatic heterocycles. The van der Waals surface area contributed by atoms with Crippen LogP contribution in [0.2, 0.25) is 0 Å². The molecule has 2 aromatic rings. The number of hydrogen-bond acceptors (Lipinski definition) is 5. The van der Waals surface area contributed by atoms with Gasteiger partial charge in [0.15, 0.2) is 0 Å². The van der Waals surface area contributed by atoms with E-state index in [9.17, 15) is 21.6 Å². The van der Waals surface area contributed by atoms with Crippen molar-refractivity contribution < 1.29 is 26.3 Å². The Bertz CT molecular complexity index is 806. The first-order valence-corrected chi connectivity index (χ1v) is 8.75. The van der Waals surface area contributed by atoms with Crippen LogP contribution in [0.5, 0.6) is 0 Å². The van der Waals surface area contributed by atoms with E-state index in [4.69, 9.17) is 4.74 Å². The molecule has 0 spiro atoms. The molecule has 1 N–H and O–H groups in total. The van der Waals surface area contributed by atoms with E-state index in [1.165, 1.54) is 12.4 Å². The third-order valence-corrected chi connectivity index (χ3v) is 4.80. The van der Waals surface area contributed by atoms with Gasteiger partial charge in [-0.1, -0.05) is 12.1 Å². The SMILES string of the molecule is COCCCn1cnnc1CNS(=O)(=O)c1ccccc1C(F)(F)F. The van der Waals surface area contributed by atoms with Crippen LogP contribution < -0.4 is 4.72 Å². The molecule has 1 aromatic carbocycles. The number of methoxy groups -OCH3 is 1. The van der Waals surface area contributed by atoms with Gasteiger partial charge >= 0.3 is 6.18 Å². The number of ether oxygens (including phenoxy) is 1. The van der Waals surface area contributed by atoms with E-state index in [1.807, 2.05) is 0 Å². The number of aromatic nitrogens is 3. The standard InChI is InChI=1S/C14H17F3N4O3S/c1-24-8-4-7-21-10-18-20-13(21)9-19-25(22,23)12-6-3-2-5-11(12)14(15,16)17/h2-3,5-6,10,19H,4,7-9H2,1H3. The number of hydrogen-bond donors (Lipinski definition) is 1.